The van der Waals surface area contributed by atoms with E-state index in [2.05, 4.69) is 15.2 Å². The Labute approximate surface area is 135 Å². The normalized spacial score (nSPS) is 18.6. The van der Waals surface area contributed by atoms with Crippen molar-refractivity contribution < 1.29 is 9.18 Å². The number of piperidine rings is 1. The predicted octanol–water partition coefficient (Wildman–Crippen LogP) is 3.07. The topological polar surface area (TPSA) is 45.2 Å². The molecule has 1 aromatic heterocycles. The van der Waals surface area contributed by atoms with Crippen LogP contribution in [0.1, 0.15) is 18.4 Å². The molecule has 0 spiro atoms. The summed E-state index contributed by atoms with van der Waals surface area (Å²) < 4.78 is 13.3. The number of hydrogen-bond acceptors (Lipinski definition) is 3. The molecule has 5 heteroatoms. The molecule has 1 amide bonds. The van der Waals surface area contributed by atoms with E-state index in [0.717, 1.165) is 30.6 Å². The van der Waals surface area contributed by atoms with Crippen LogP contribution in [0.3, 0.4) is 0 Å². The summed E-state index contributed by atoms with van der Waals surface area (Å²) in [4.78, 5) is 18.6. The van der Waals surface area contributed by atoms with Crippen LogP contribution in [0, 0.1) is 11.7 Å². The zero-order valence-electron chi connectivity index (χ0n) is 12.9. The molecule has 1 saturated heterocycles. The minimum absolute atomic E-state index is 0.0366. The minimum atomic E-state index is -0.216. The lowest BCUT2D eigenvalue weighted by molar-refractivity contribution is -0.121. The average Bonchev–Trinajstić information content (AvgIpc) is 2.56. The molecule has 0 aliphatic carbocycles. The molecule has 3 rings (SSSR count). The molecule has 4 nitrogen and oxygen atoms in total. The Morgan fingerprint density at radius 3 is 2.91 bits per heavy atom. The van der Waals surface area contributed by atoms with E-state index in [1.807, 2.05) is 6.07 Å². The zero-order chi connectivity index (χ0) is 16.1. The fraction of sp³-hybridized carbons (Fsp3) is 0.333. The molecule has 1 unspecified atom stereocenters. The molecule has 0 bridgehead atoms. The van der Waals surface area contributed by atoms with E-state index >= 15 is 0 Å². The minimum Gasteiger partial charge on any atom is -0.326 e. The van der Waals surface area contributed by atoms with Crippen molar-refractivity contribution in [2.75, 3.05) is 18.4 Å². The Morgan fingerprint density at radius 2 is 2.13 bits per heavy atom. The average molecular weight is 313 g/mol. The van der Waals surface area contributed by atoms with E-state index in [1.165, 1.54) is 6.07 Å². The zero-order valence-corrected chi connectivity index (χ0v) is 12.9. The summed E-state index contributed by atoms with van der Waals surface area (Å²) in [5, 5.41) is 2.94. The largest absolute Gasteiger partial charge is 0.326 e. The van der Waals surface area contributed by atoms with Gasteiger partial charge in [0.05, 0.1) is 5.92 Å². The van der Waals surface area contributed by atoms with Gasteiger partial charge in [-0.1, -0.05) is 12.1 Å². The van der Waals surface area contributed by atoms with Gasteiger partial charge in [-0.2, -0.15) is 0 Å². The van der Waals surface area contributed by atoms with E-state index in [0.29, 0.717) is 13.1 Å². The van der Waals surface area contributed by atoms with Crippen molar-refractivity contribution >= 4 is 11.6 Å². The second-order valence-corrected chi connectivity index (χ2v) is 5.93. The molecule has 2 heterocycles. The number of aromatic nitrogens is 1. The highest BCUT2D eigenvalue weighted by Gasteiger charge is 2.25. The van der Waals surface area contributed by atoms with Gasteiger partial charge in [0.15, 0.2) is 0 Å². The van der Waals surface area contributed by atoms with Crippen LogP contribution in [0.2, 0.25) is 0 Å². The molecule has 2 aromatic rings. The van der Waals surface area contributed by atoms with Crippen LogP contribution < -0.4 is 5.32 Å². The Hall–Kier alpha value is -2.27. The Kier molecular flexibility index (Phi) is 4.98. The summed E-state index contributed by atoms with van der Waals surface area (Å²) in [6.45, 7) is 2.32. The quantitative estimate of drug-likeness (QED) is 0.943. The van der Waals surface area contributed by atoms with Gasteiger partial charge in [0.1, 0.15) is 5.82 Å². The first-order valence-corrected chi connectivity index (χ1v) is 7.88. The van der Waals surface area contributed by atoms with Gasteiger partial charge in [0, 0.05) is 31.2 Å². The van der Waals surface area contributed by atoms with E-state index in [9.17, 15) is 9.18 Å². The third kappa shape index (κ3) is 4.36. The molecule has 0 radical (unpaired) electrons. The lowest BCUT2D eigenvalue weighted by Crippen LogP contribution is -2.40. The maximum atomic E-state index is 13.3. The van der Waals surface area contributed by atoms with Crippen LogP contribution in [-0.2, 0) is 11.3 Å². The number of rotatable bonds is 4. The number of halogens is 1. The molecule has 120 valence electrons. The van der Waals surface area contributed by atoms with Crippen molar-refractivity contribution in [3.63, 3.8) is 0 Å². The summed E-state index contributed by atoms with van der Waals surface area (Å²) in [5.74, 6) is -0.211. The number of anilines is 1. The third-order valence-corrected chi connectivity index (χ3v) is 4.12. The van der Waals surface area contributed by atoms with Gasteiger partial charge in [-0.3, -0.25) is 14.7 Å². The predicted molar refractivity (Wildman–Crippen MR) is 87.3 cm³/mol. The first-order chi connectivity index (χ1) is 11.2. The van der Waals surface area contributed by atoms with E-state index in [1.54, 1.807) is 36.7 Å². The van der Waals surface area contributed by atoms with E-state index in [-0.39, 0.29) is 17.6 Å². The van der Waals surface area contributed by atoms with E-state index < -0.39 is 0 Å². The van der Waals surface area contributed by atoms with Crippen LogP contribution in [0.5, 0.6) is 0 Å². The number of carbonyl (C=O) groups excluding carboxylic acids is 1. The van der Waals surface area contributed by atoms with Gasteiger partial charge >= 0.3 is 0 Å². The number of amides is 1. The number of nitrogens with one attached hydrogen (secondary N) is 1. The molecule has 1 aliphatic rings. The Balaban J connectivity index is 1.58. The molecule has 1 aliphatic heterocycles. The smallest absolute Gasteiger partial charge is 0.228 e. The molecule has 23 heavy (non-hydrogen) atoms. The van der Waals surface area contributed by atoms with Gasteiger partial charge in [-0.15, -0.1) is 0 Å². The SMILES string of the molecule is O=C(Nc1ccncc1)C1CCCN(Cc2cccc(F)c2)C1. The van der Waals surface area contributed by atoms with Gasteiger partial charge in [0.25, 0.3) is 0 Å². The van der Waals surface area contributed by atoms with Gasteiger partial charge < -0.3 is 5.32 Å². The highest BCUT2D eigenvalue weighted by atomic mass is 19.1. The van der Waals surface area contributed by atoms with Crippen LogP contribution >= 0.6 is 0 Å². The lowest BCUT2D eigenvalue weighted by atomic mass is 9.96. The maximum Gasteiger partial charge on any atom is 0.228 e. The number of likely N-dealkylation sites (tertiary alicyclic amines) is 1. The molecule has 0 saturated carbocycles. The number of pyridine rings is 1. The standard InChI is InChI=1S/C18H20FN3O/c19-16-5-1-3-14(11-16)12-22-10-2-4-15(13-22)18(23)21-17-6-8-20-9-7-17/h1,3,5-9,11,15H,2,4,10,12-13H2,(H,20,21,23). The molecular formula is C18H20FN3O. The van der Waals surface area contributed by atoms with Crippen molar-refractivity contribution in [3.8, 4) is 0 Å². The van der Waals surface area contributed by atoms with Crippen LogP contribution in [-0.4, -0.2) is 28.9 Å². The molecule has 1 fully saturated rings. The Bertz CT molecular complexity index is 662. The summed E-state index contributed by atoms with van der Waals surface area (Å²) in [5.41, 5.74) is 1.72. The second-order valence-electron chi connectivity index (χ2n) is 5.93. The summed E-state index contributed by atoms with van der Waals surface area (Å²) in [6, 6.07) is 10.2. The molecular weight excluding hydrogens is 293 g/mol. The second kappa shape index (κ2) is 7.33. The number of hydrogen-bond donors (Lipinski definition) is 1. The maximum absolute atomic E-state index is 13.3. The fourth-order valence-electron chi connectivity index (χ4n) is 2.99. The van der Waals surface area contributed by atoms with Crippen molar-refractivity contribution in [1.29, 1.82) is 0 Å². The Morgan fingerprint density at radius 1 is 1.30 bits per heavy atom. The highest BCUT2D eigenvalue weighted by Crippen LogP contribution is 2.20. The van der Waals surface area contributed by atoms with Gasteiger partial charge in [-0.25, -0.2) is 4.39 Å². The summed E-state index contributed by atoms with van der Waals surface area (Å²) >= 11 is 0. The van der Waals surface area contributed by atoms with Crippen molar-refractivity contribution in [2.45, 2.75) is 19.4 Å². The molecule has 1 aromatic carbocycles. The molecule has 1 N–H and O–H groups in total. The van der Waals surface area contributed by atoms with Crippen molar-refractivity contribution in [2.24, 2.45) is 5.92 Å². The number of benzene rings is 1. The third-order valence-electron chi connectivity index (χ3n) is 4.12. The summed E-state index contributed by atoms with van der Waals surface area (Å²) in [6.07, 6.45) is 5.18. The summed E-state index contributed by atoms with van der Waals surface area (Å²) in [7, 11) is 0. The first-order valence-electron chi connectivity index (χ1n) is 7.88. The van der Waals surface area contributed by atoms with Crippen LogP contribution in [0.25, 0.3) is 0 Å². The van der Waals surface area contributed by atoms with Crippen molar-refractivity contribution in [3.05, 3.63) is 60.2 Å². The van der Waals surface area contributed by atoms with Gasteiger partial charge in [0.2, 0.25) is 5.91 Å². The van der Waals surface area contributed by atoms with Crippen LogP contribution in [0.4, 0.5) is 10.1 Å². The number of nitrogens with zero attached hydrogens (tertiary/aromatic N) is 2. The monoisotopic (exact) mass is 313 g/mol. The number of carbonyl (C=O) groups is 1. The lowest BCUT2D eigenvalue weighted by Gasteiger charge is -2.32. The van der Waals surface area contributed by atoms with Gasteiger partial charge in [-0.05, 0) is 49.2 Å². The first kappa shape index (κ1) is 15.6. The highest BCUT2D eigenvalue weighted by molar-refractivity contribution is 5.92. The van der Waals surface area contributed by atoms with Crippen molar-refractivity contribution in [1.82, 2.24) is 9.88 Å². The van der Waals surface area contributed by atoms with E-state index in [4.69, 9.17) is 0 Å². The fourth-order valence-corrected chi connectivity index (χ4v) is 2.99. The molecule has 1 atom stereocenters. The van der Waals surface area contributed by atoms with Crippen LogP contribution in [0.15, 0.2) is 48.8 Å².